The molecule has 0 aromatic heterocycles. The van der Waals surface area contributed by atoms with Gasteiger partial charge in [-0.1, -0.05) is 5.43 Å². The Kier molecular flexibility index (Phi) is 4.38. The third-order valence-corrected chi connectivity index (χ3v) is 0.788. The van der Waals surface area contributed by atoms with E-state index in [9.17, 15) is 10.1 Å². The first-order valence-corrected chi connectivity index (χ1v) is 3.12. The molecule has 0 bridgehead atoms. The molecular formula is C3H8N4O2S. The molecule has 0 heterocycles. The lowest BCUT2D eigenvalue weighted by Crippen LogP contribution is -2.36. The maximum Gasteiger partial charge on any atom is 0.251 e. The van der Waals surface area contributed by atoms with Crippen molar-refractivity contribution in [3.05, 3.63) is 10.1 Å². The summed E-state index contributed by atoms with van der Waals surface area (Å²) in [7, 11) is 0. The van der Waals surface area contributed by atoms with E-state index in [1.54, 1.807) is 5.43 Å². The number of nitrogens with one attached hydrogen (secondary N) is 1. The predicted molar refractivity (Wildman–Crippen MR) is 40.5 cm³/mol. The van der Waals surface area contributed by atoms with Crippen molar-refractivity contribution in [2.24, 2.45) is 10.7 Å². The van der Waals surface area contributed by atoms with Gasteiger partial charge in [0.05, 0.1) is 6.54 Å². The maximum atomic E-state index is 9.69. The summed E-state index contributed by atoms with van der Waals surface area (Å²) >= 11 is 3.83. The van der Waals surface area contributed by atoms with Crippen LogP contribution in [0.4, 0.5) is 0 Å². The minimum Gasteiger partial charge on any atom is -0.365 e. The first-order chi connectivity index (χ1) is 4.66. The topological polar surface area (TPSA) is 93.5 Å². The number of hydrogen-bond donors (Lipinski definition) is 3. The van der Waals surface area contributed by atoms with Crippen molar-refractivity contribution in [3.63, 3.8) is 0 Å². The molecule has 0 saturated carbocycles. The zero-order chi connectivity index (χ0) is 7.98. The molecule has 0 aliphatic rings. The average molecular weight is 164 g/mol. The monoisotopic (exact) mass is 164 g/mol. The zero-order valence-corrected chi connectivity index (χ0v) is 6.04. The summed E-state index contributed by atoms with van der Waals surface area (Å²) < 4.78 is 0. The van der Waals surface area contributed by atoms with Gasteiger partial charge in [0.1, 0.15) is 0 Å². The lowest BCUT2D eigenvalue weighted by molar-refractivity contribution is -0.525. The van der Waals surface area contributed by atoms with Crippen molar-refractivity contribution < 1.29 is 5.03 Å². The number of aliphatic imine (C=N–C) groups is 1. The number of hydrazine groups is 1. The third-order valence-electron chi connectivity index (χ3n) is 0.588. The molecule has 0 aliphatic carbocycles. The molecule has 0 aliphatic heterocycles. The Balaban J connectivity index is 3.59. The second kappa shape index (κ2) is 4.86. The summed E-state index contributed by atoms with van der Waals surface area (Å²) in [6.07, 6.45) is 0. The van der Waals surface area contributed by atoms with Crippen molar-refractivity contribution in [1.29, 1.82) is 0 Å². The molecular weight excluding hydrogens is 156 g/mol. The van der Waals surface area contributed by atoms with E-state index in [1.165, 1.54) is 0 Å². The average Bonchev–Trinajstić information content (AvgIpc) is 1.82. The molecule has 0 unspecified atom stereocenters. The highest BCUT2D eigenvalue weighted by atomic mass is 32.1. The number of rotatable bonds is 3. The molecule has 0 aromatic carbocycles. The molecule has 3 N–H and O–H groups in total. The smallest absolute Gasteiger partial charge is 0.251 e. The number of nitro groups is 1. The standard InChI is InChI=1S/C3H8N4O2S/c4-3(5-1-2-10)6-7(8)9/h10H,1-2H2,(H3,4,5,6). The van der Waals surface area contributed by atoms with Crippen molar-refractivity contribution in [2.75, 3.05) is 12.3 Å². The first kappa shape index (κ1) is 9.02. The van der Waals surface area contributed by atoms with Crippen molar-refractivity contribution in [3.8, 4) is 0 Å². The fourth-order valence-electron chi connectivity index (χ4n) is 0.299. The minimum absolute atomic E-state index is 0.195. The van der Waals surface area contributed by atoms with Gasteiger partial charge in [-0.2, -0.15) is 12.6 Å². The van der Waals surface area contributed by atoms with E-state index in [4.69, 9.17) is 5.73 Å². The number of guanidine groups is 1. The van der Waals surface area contributed by atoms with Crippen LogP contribution in [-0.4, -0.2) is 23.3 Å². The Morgan fingerprint density at radius 3 is 2.90 bits per heavy atom. The highest BCUT2D eigenvalue weighted by Gasteiger charge is 1.95. The predicted octanol–water partition coefficient (Wildman–Crippen LogP) is -0.988. The van der Waals surface area contributed by atoms with Crippen LogP contribution in [0.2, 0.25) is 0 Å². The van der Waals surface area contributed by atoms with E-state index in [-0.39, 0.29) is 5.96 Å². The van der Waals surface area contributed by atoms with E-state index >= 15 is 0 Å². The lowest BCUT2D eigenvalue weighted by Gasteiger charge is -1.93. The van der Waals surface area contributed by atoms with Gasteiger partial charge >= 0.3 is 0 Å². The molecule has 0 aromatic rings. The summed E-state index contributed by atoms with van der Waals surface area (Å²) in [6.45, 7) is 0.371. The van der Waals surface area contributed by atoms with E-state index in [0.29, 0.717) is 12.3 Å². The van der Waals surface area contributed by atoms with Gasteiger partial charge in [-0.05, 0) is 0 Å². The van der Waals surface area contributed by atoms with Crippen LogP contribution in [0.3, 0.4) is 0 Å². The number of nitrogens with zero attached hydrogens (tertiary/aromatic N) is 2. The number of hydrogen-bond acceptors (Lipinski definition) is 4. The van der Waals surface area contributed by atoms with Crippen LogP contribution < -0.4 is 11.2 Å². The van der Waals surface area contributed by atoms with Crippen LogP contribution in [0, 0.1) is 10.1 Å². The molecule has 0 amide bonds. The number of thiol groups is 1. The molecule has 0 rings (SSSR count). The van der Waals surface area contributed by atoms with Crippen LogP contribution in [0.25, 0.3) is 0 Å². The zero-order valence-electron chi connectivity index (χ0n) is 5.15. The highest BCUT2D eigenvalue weighted by Crippen LogP contribution is 1.74. The Bertz CT molecular complexity index is 147. The SMILES string of the molecule is NC(=NCCS)N[N+](=O)[O-]. The normalized spacial score (nSPS) is 11.1. The Hall–Kier alpha value is -0.980. The van der Waals surface area contributed by atoms with Crippen LogP contribution in [0.1, 0.15) is 0 Å². The van der Waals surface area contributed by atoms with E-state index in [1.807, 2.05) is 0 Å². The maximum absolute atomic E-state index is 9.69. The second-order valence-electron chi connectivity index (χ2n) is 1.36. The quantitative estimate of drug-likeness (QED) is 0.164. The third kappa shape index (κ3) is 5.16. The van der Waals surface area contributed by atoms with E-state index in [2.05, 4.69) is 17.6 Å². The number of nitrogens with two attached hydrogens (primary N) is 1. The van der Waals surface area contributed by atoms with Crippen LogP contribution in [0.5, 0.6) is 0 Å². The van der Waals surface area contributed by atoms with Crippen molar-refractivity contribution in [1.82, 2.24) is 5.43 Å². The first-order valence-electron chi connectivity index (χ1n) is 2.48. The van der Waals surface area contributed by atoms with Crippen molar-refractivity contribution in [2.45, 2.75) is 0 Å². The van der Waals surface area contributed by atoms with Crippen LogP contribution in [0.15, 0.2) is 4.99 Å². The van der Waals surface area contributed by atoms with Gasteiger partial charge in [0.25, 0.3) is 5.96 Å². The summed E-state index contributed by atoms with van der Waals surface area (Å²) in [4.78, 5) is 13.2. The Labute approximate surface area is 63.0 Å². The molecule has 6 nitrogen and oxygen atoms in total. The van der Waals surface area contributed by atoms with Gasteiger partial charge in [-0.25, -0.2) is 15.1 Å². The Morgan fingerprint density at radius 2 is 2.50 bits per heavy atom. The fraction of sp³-hybridized carbons (Fsp3) is 0.667. The minimum atomic E-state index is -0.767. The molecule has 0 radical (unpaired) electrons. The largest absolute Gasteiger partial charge is 0.365 e. The fourth-order valence-corrected chi connectivity index (χ4v) is 0.399. The van der Waals surface area contributed by atoms with Gasteiger partial charge in [-0.3, -0.25) is 0 Å². The molecule has 0 spiro atoms. The summed E-state index contributed by atoms with van der Waals surface area (Å²) in [5.41, 5.74) is 6.72. The van der Waals surface area contributed by atoms with Gasteiger partial charge in [-0.15, -0.1) is 0 Å². The van der Waals surface area contributed by atoms with Crippen LogP contribution >= 0.6 is 12.6 Å². The second-order valence-corrected chi connectivity index (χ2v) is 1.81. The van der Waals surface area contributed by atoms with Gasteiger partial charge < -0.3 is 5.73 Å². The van der Waals surface area contributed by atoms with Crippen molar-refractivity contribution >= 4 is 18.6 Å². The lowest BCUT2D eigenvalue weighted by atomic mass is 10.8. The van der Waals surface area contributed by atoms with Gasteiger partial charge in [0.2, 0.25) is 0 Å². The summed E-state index contributed by atoms with van der Waals surface area (Å²) in [5.74, 6) is 0.319. The van der Waals surface area contributed by atoms with Gasteiger partial charge in [0, 0.05) is 5.75 Å². The van der Waals surface area contributed by atoms with Crippen LogP contribution in [-0.2, 0) is 0 Å². The molecule has 0 atom stereocenters. The molecule has 0 fully saturated rings. The molecule has 58 valence electrons. The van der Waals surface area contributed by atoms with E-state index < -0.39 is 5.03 Å². The summed E-state index contributed by atoms with van der Waals surface area (Å²) in [6, 6.07) is 0. The molecule has 0 saturated heterocycles. The summed E-state index contributed by atoms with van der Waals surface area (Å²) in [5, 5.41) is 8.92. The van der Waals surface area contributed by atoms with E-state index in [0.717, 1.165) is 0 Å². The highest BCUT2D eigenvalue weighted by molar-refractivity contribution is 7.80. The molecule has 10 heavy (non-hydrogen) atoms. The molecule has 7 heteroatoms. The Morgan fingerprint density at radius 1 is 1.90 bits per heavy atom. The van der Waals surface area contributed by atoms with Gasteiger partial charge in [0.15, 0.2) is 5.03 Å².